The maximum absolute atomic E-state index is 13.9. The van der Waals surface area contributed by atoms with Crippen molar-refractivity contribution in [3.63, 3.8) is 0 Å². The molecule has 0 radical (unpaired) electrons. The molecule has 0 spiro atoms. The Morgan fingerprint density at radius 2 is 1.78 bits per heavy atom. The van der Waals surface area contributed by atoms with Crippen molar-refractivity contribution < 1.29 is 14.0 Å². The topological polar surface area (TPSA) is 64.7 Å². The predicted molar refractivity (Wildman–Crippen MR) is 104 cm³/mol. The van der Waals surface area contributed by atoms with Crippen LogP contribution in [0.1, 0.15) is 5.56 Å². The van der Waals surface area contributed by atoms with Gasteiger partial charge in [0, 0.05) is 45.8 Å². The van der Waals surface area contributed by atoms with Gasteiger partial charge in [0.05, 0.1) is 5.69 Å². The van der Waals surface area contributed by atoms with Crippen LogP contribution in [0.15, 0.2) is 41.1 Å². The third-order valence-electron chi connectivity index (χ3n) is 4.52. The standard InChI is InChI=1S/C19H23FN4O2S/c20-16-3-1-2-4-17(16)24-10-8-23(9-11-24)7-6-21-18(25)19(26)22-13-15-5-12-27-14-15/h1-5,12,14H,6-11,13H2,(H,21,25)(H,22,26). The van der Waals surface area contributed by atoms with Crippen LogP contribution >= 0.6 is 11.3 Å². The summed E-state index contributed by atoms with van der Waals surface area (Å²) in [6.45, 7) is 4.46. The largest absolute Gasteiger partial charge is 0.367 e. The van der Waals surface area contributed by atoms with Crippen molar-refractivity contribution in [1.82, 2.24) is 15.5 Å². The van der Waals surface area contributed by atoms with Gasteiger partial charge in [-0.1, -0.05) is 12.1 Å². The average molecular weight is 390 g/mol. The zero-order valence-corrected chi connectivity index (χ0v) is 15.8. The monoisotopic (exact) mass is 390 g/mol. The molecule has 8 heteroatoms. The summed E-state index contributed by atoms with van der Waals surface area (Å²) in [5, 5.41) is 9.10. The second-order valence-electron chi connectivity index (χ2n) is 6.35. The first kappa shape index (κ1) is 19.3. The fourth-order valence-electron chi connectivity index (χ4n) is 2.98. The van der Waals surface area contributed by atoms with Gasteiger partial charge in [0.1, 0.15) is 5.82 Å². The number of anilines is 1. The minimum Gasteiger partial charge on any atom is -0.367 e. The molecule has 2 N–H and O–H groups in total. The molecule has 0 aliphatic carbocycles. The first-order valence-electron chi connectivity index (χ1n) is 8.92. The van der Waals surface area contributed by atoms with Crippen molar-refractivity contribution in [2.75, 3.05) is 44.2 Å². The van der Waals surface area contributed by atoms with E-state index >= 15 is 0 Å². The van der Waals surface area contributed by atoms with Crippen molar-refractivity contribution in [2.45, 2.75) is 6.54 Å². The number of nitrogens with one attached hydrogen (secondary N) is 2. The summed E-state index contributed by atoms with van der Waals surface area (Å²) in [6, 6.07) is 8.70. The number of halogens is 1. The Hall–Kier alpha value is -2.45. The first-order valence-corrected chi connectivity index (χ1v) is 9.86. The van der Waals surface area contributed by atoms with E-state index in [1.807, 2.05) is 27.8 Å². The molecule has 1 aliphatic rings. The van der Waals surface area contributed by atoms with E-state index in [0.29, 0.717) is 25.3 Å². The fraction of sp³-hybridized carbons (Fsp3) is 0.368. The Kier molecular flexibility index (Phi) is 6.78. The lowest BCUT2D eigenvalue weighted by Gasteiger charge is -2.36. The minimum absolute atomic E-state index is 0.202. The van der Waals surface area contributed by atoms with Gasteiger partial charge in [0.2, 0.25) is 0 Å². The van der Waals surface area contributed by atoms with Crippen LogP contribution in [0.2, 0.25) is 0 Å². The van der Waals surface area contributed by atoms with Crippen molar-refractivity contribution in [3.8, 4) is 0 Å². The first-order chi connectivity index (χ1) is 13.1. The highest BCUT2D eigenvalue weighted by Gasteiger charge is 2.19. The molecule has 0 atom stereocenters. The molecular weight excluding hydrogens is 367 g/mol. The number of amides is 2. The van der Waals surface area contributed by atoms with E-state index < -0.39 is 11.8 Å². The molecule has 1 aromatic heterocycles. The Bertz CT molecular complexity index is 761. The molecule has 0 saturated carbocycles. The Morgan fingerprint density at radius 3 is 2.48 bits per heavy atom. The molecule has 144 valence electrons. The van der Waals surface area contributed by atoms with Crippen LogP contribution in [0, 0.1) is 5.82 Å². The predicted octanol–water partition coefficient (Wildman–Crippen LogP) is 1.44. The van der Waals surface area contributed by atoms with Crippen LogP contribution < -0.4 is 15.5 Å². The Morgan fingerprint density at radius 1 is 1.04 bits per heavy atom. The highest BCUT2D eigenvalue weighted by atomic mass is 32.1. The molecule has 1 saturated heterocycles. The molecule has 2 aromatic rings. The van der Waals surface area contributed by atoms with Crippen molar-refractivity contribution in [1.29, 1.82) is 0 Å². The zero-order valence-electron chi connectivity index (χ0n) is 15.0. The third-order valence-corrected chi connectivity index (χ3v) is 5.25. The molecule has 6 nitrogen and oxygen atoms in total. The van der Waals surface area contributed by atoms with Crippen molar-refractivity contribution in [2.24, 2.45) is 0 Å². The SMILES string of the molecule is O=C(NCCN1CCN(c2ccccc2F)CC1)C(=O)NCc1ccsc1. The van der Waals surface area contributed by atoms with E-state index in [4.69, 9.17) is 0 Å². The van der Waals surface area contributed by atoms with E-state index in [0.717, 1.165) is 31.7 Å². The third kappa shape index (κ3) is 5.51. The number of benzene rings is 1. The van der Waals surface area contributed by atoms with Crippen LogP contribution in [-0.2, 0) is 16.1 Å². The van der Waals surface area contributed by atoms with E-state index in [1.54, 1.807) is 23.5 Å². The normalized spacial score (nSPS) is 14.8. The van der Waals surface area contributed by atoms with Crippen molar-refractivity contribution >= 4 is 28.8 Å². The summed E-state index contributed by atoms with van der Waals surface area (Å²) in [6.07, 6.45) is 0. The summed E-state index contributed by atoms with van der Waals surface area (Å²) in [5.41, 5.74) is 1.61. The molecule has 0 unspecified atom stereocenters. The number of rotatable bonds is 6. The van der Waals surface area contributed by atoms with Gasteiger partial charge in [-0.15, -0.1) is 0 Å². The number of carbonyl (C=O) groups excluding carboxylic acids is 2. The average Bonchev–Trinajstić information content (AvgIpc) is 3.21. The highest BCUT2D eigenvalue weighted by molar-refractivity contribution is 7.07. The number of carbonyl (C=O) groups is 2. The number of piperazine rings is 1. The fourth-order valence-corrected chi connectivity index (χ4v) is 3.65. The lowest BCUT2D eigenvalue weighted by atomic mass is 10.2. The maximum Gasteiger partial charge on any atom is 0.309 e. The van der Waals surface area contributed by atoms with Gasteiger partial charge < -0.3 is 15.5 Å². The lowest BCUT2D eigenvalue weighted by molar-refractivity contribution is -0.139. The van der Waals surface area contributed by atoms with Crippen LogP contribution in [0.3, 0.4) is 0 Å². The Labute approximate surface area is 162 Å². The maximum atomic E-state index is 13.9. The van der Waals surface area contributed by atoms with E-state index in [2.05, 4.69) is 15.5 Å². The molecular formula is C19H23FN4O2S. The Balaban J connectivity index is 1.33. The van der Waals surface area contributed by atoms with Crippen LogP contribution in [-0.4, -0.2) is 56.0 Å². The molecule has 3 rings (SSSR count). The highest BCUT2D eigenvalue weighted by Crippen LogP contribution is 2.19. The van der Waals surface area contributed by atoms with Crippen molar-refractivity contribution in [3.05, 3.63) is 52.5 Å². The van der Waals surface area contributed by atoms with Gasteiger partial charge >= 0.3 is 11.8 Å². The molecule has 0 bridgehead atoms. The van der Waals surface area contributed by atoms with E-state index in [9.17, 15) is 14.0 Å². The molecule has 2 amide bonds. The number of para-hydroxylation sites is 1. The molecule has 2 heterocycles. The number of thiophene rings is 1. The van der Waals surface area contributed by atoms with Gasteiger partial charge in [-0.25, -0.2) is 4.39 Å². The van der Waals surface area contributed by atoms with Crippen LogP contribution in [0.4, 0.5) is 10.1 Å². The summed E-state index contributed by atoms with van der Waals surface area (Å²) >= 11 is 1.55. The molecule has 1 aliphatic heterocycles. The molecule has 1 aromatic carbocycles. The van der Waals surface area contributed by atoms with E-state index in [-0.39, 0.29) is 5.82 Å². The number of nitrogens with zero attached hydrogens (tertiary/aromatic N) is 2. The second-order valence-corrected chi connectivity index (χ2v) is 7.13. The van der Waals surface area contributed by atoms with Crippen LogP contribution in [0.25, 0.3) is 0 Å². The quantitative estimate of drug-likeness (QED) is 0.733. The summed E-state index contributed by atoms with van der Waals surface area (Å²) < 4.78 is 13.9. The minimum atomic E-state index is -0.620. The lowest BCUT2D eigenvalue weighted by Crippen LogP contribution is -2.49. The van der Waals surface area contributed by atoms with Gasteiger partial charge in [-0.05, 0) is 34.5 Å². The number of hydrogen-bond donors (Lipinski definition) is 2. The smallest absolute Gasteiger partial charge is 0.309 e. The van der Waals surface area contributed by atoms with Gasteiger partial charge in [0.25, 0.3) is 0 Å². The molecule has 27 heavy (non-hydrogen) atoms. The van der Waals surface area contributed by atoms with Gasteiger partial charge in [0.15, 0.2) is 0 Å². The number of hydrogen-bond acceptors (Lipinski definition) is 5. The summed E-state index contributed by atoms with van der Waals surface area (Å²) in [4.78, 5) is 27.8. The second kappa shape index (κ2) is 9.48. The van der Waals surface area contributed by atoms with Gasteiger partial charge in [-0.2, -0.15) is 11.3 Å². The van der Waals surface area contributed by atoms with Gasteiger partial charge in [-0.3, -0.25) is 14.5 Å². The van der Waals surface area contributed by atoms with E-state index in [1.165, 1.54) is 6.07 Å². The van der Waals surface area contributed by atoms with Crippen LogP contribution in [0.5, 0.6) is 0 Å². The summed E-state index contributed by atoms with van der Waals surface area (Å²) in [7, 11) is 0. The molecule has 1 fully saturated rings. The zero-order chi connectivity index (χ0) is 19.1. The summed E-state index contributed by atoms with van der Waals surface area (Å²) in [5.74, 6) is -1.44.